The van der Waals surface area contributed by atoms with Crippen LogP contribution >= 0.6 is 0 Å². The molecule has 0 aliphatic rings. The summed E-state index contributed by atoms with van der Waals surface area (Å²) in [5.74, 6) is -4.72. The van der Waals surface area contributed by atoms with Crippen LogP contribution in [0.4, 0.5) is 13.2 Å². The van der Waals surface area contributed by atoms with Crippen molar-refractivity contribution in [3.05, 3.63) is 35.9 Å². The minimum absolute atomic E-state index is 0. The largest absolute Gasteiger partial charge is 1.00 e. The number of amides is 5. The molecule has 1 rings (SSSR count). The molecule has 0 fully saturated rings. The van der Waals surface area contributed by atoms with E-state index in [4.69, 9.17) is 15.0 Å². The Morgan fingerprint density at radius 3 is 1.54 bits per heavy atom. The second-order valence-electron chi connectivity index (χ2n) is 17.6. The van der Waals surface area contributed by atoms with Gasteiger partial charge in [0.05, 0.1) is 37.3 Å². The van der Waals surface area contributed by atoms with Crippen molar-refractivity contribution in [2.45, 2.75) is 188 Å². The fourth-order valence-electron chi connectivity index (χ4n) is 6.32. The molecule has 0 spiro atoms. The fraction of sp³-hybridized carbons (Fsp3) is 0.717. The number of hydrogen-bond acceptors (Lipinski definition) is 9. The van der Waals surface area contributed by atoms with Gasteiger partial charge in [0.2, 0.25) is 29.5 Å². The van der Waals surface area contributed by atoms with E-state index in [1.54, 1.807) is 13.8 Å². The molecular formula is C46H81F3KN6O11+. The number of nitrogens with one attached hydrogen (secondary N) is 5. The Labute approximate surface area is 438 Å². The van der Waals surface area contributed by atoms with Gasteiger partial charge >= 0.3 is 69.5 Å². The third-order valence-electron chi connectivity index (χ3n) is 9.75. The van der Waals surface area contributed by atoms with E-state index in [0.29, 0.717) is 44.4 Å². The zero-order valence-corrected chi connectivity index (χ0v) is 44.5. The molecule has 12 N–H and O–H groups in total. The van der Waals surface area contributed by atoms with Gasteiger partial charge < -0.3 is 54.2 Å². The summed E-state index contributed by atoms with van der Waals surface area (Å²) >= 11 is 0. The van der Waals surface area contributed by atoms with Gasteiger partial charge in [0.25, 0.3) is 0 Å². The first-order valence-electron chi connectivity index (χ1n) is 22.9. The van der Waals surface area contributed by atoms with Crippen LogP contribution in [0.25, 0.3) is 0 Å². The first kappa shape index (κ1) is 68.1. The first-order chi connectivity index (χ1) is 30.7. The summed E-state index contributed by atoms with van der Waals surface area (Å²) < 4.78 is 31.7. The average Bonchev–Trinajstić information content (AvgIpc) is 3.20. The van der Waals surface area contributed by atoms with Gasteiger partial charge in [0.1, 0.15) is 18.1 Å². The van der Waals surface area contributed by atoms with Crippen molar-refractivity contribution in [3.63, 3.8) is 0 Å². The van der Waals surface area contributed by atoms with Crippen molar-refractivity contribution in [1.29, 1.82) is 0 Å². The van der Waals surface area contributed by atoms with Crippen molar-refractivity contribution in [1.82, 2.24) is 26.6 Å². The molecule has 17 nitrogen and oxygen atoms in total. The molecule has 1 aromatic carbocycles. The number of carboxylic acids is 2. The summed E-state index contributed by atoms with van der Waals surface area (Å²) in [7, 11) is 0. The van der Waals surface area contributed by atoms with E-state index >= 15 is 0 Å². The van der Waals surface area contributed by atoms with Gasteiger partial charge in [-0.2, -0.15) is 13.2 Å². The van der Waals surface area contributed by atoms with Gasteiger partial charge in [-0.1, -0.05) is 98.6 Å². The van der Waals surface area contributed by atoms with Crippen LogP contribution < -0.4 is 83.7 Å². The molecule has 0 aliphatic heterocycles. The molecule has 0 unspecified atom stereocenters. The van der Waals surface area contributed by atoms with E-state index < -0.39 is 60.9 Å². The summed E-state index contributed by atoms with van der Waals surface area (Å²) in [6, 6.07) is 6.24. The number of carbonyl (C=O) groups is 7. The van der Waals surface area contributed by atoms with Gasteiger partial charge in [-0.3, -0.25) is 28.8 Å². The second-order valence-corrected chi connectivity index (χ2v) is 17.6. The summed E-state index contributed by atoms with van der Waals surface area (Å²) in [4.78, 5) is 82.9. The number of rotatable bonds is 28. The average molecular weight is 990 g/mol. The van der Waals surface area contributed by atoms with Gasteiger partial charge in [-0.15, -0.1) is 0 Å². The molecule has 382 valence electrons. The number of benzene rings is 1. The monoisotopic (exact) mass is 990 g/mol. The maximum absolute atomic E-state index is 13.3. The standard InChI is InChI=1S/C27H45N3O4.C17H33N3O5.C2HF3O2.K.H/c1-7-8-14-22(26(33)30-23(20(6)31)15-18(2)3)29-27(34)24(28-25(32)16-19(4)5)17-21-12-10-9-11-13-21;1-4-15(22)19-12(7-5-6-8-18)17(25)20-13(9-11(2)3)14(21)10-16(23)24;3-2(4,5)1(6)7;;/h9-13,18-20,22-24,31H,7-8,14-17H2,1-6H3,(H,28,32)(H,29,34)(H,30,33);11-14,21H,4-10,18H2,1-3H3,(H,19,22)(H,20,25)(H,23,24);(H,6,7);;/q;;;+1;-1/p+1/t20-,22-,23-,24-;12-,13-,14-;;;/m00.../s1. The zero-order valence-electron chi connectivity index (χ0n) is 42.3. The van der Waals surface area contributed by atoms with Crippen LogP contribution in [0.1, 0.15) is 140 Å². The molecule has 67 heavy (non-hydrogen) atoms. The Kier molecular flexibility index (Phi) is 38.3. The van der Waals surface area contributed by atoms with E-state index in [1.807, 2.05) is 78.8 Å². The SMILES string of the molecule is CCC(=O)N[C@@H](CCCC[NH3+])C(=O)N[C@@H](CC(C)C)[C@@H](O)CC(=O)O.CCCC[C@H](NC(=O)[C@H](Cc1ccccc1)NC(=O)CC(C)C)C(=O)N[C@@H](CC(C)C)[C@H](C)O.O=C(O)C(F)(F)F.[H-].[K+]. The molecular weight excluding hydrogens is 909 g/mol. The summed E-state index contributed by atoms with van der Waals surface area (Å²) in [5.41, 5.74) is 4.68. The van der Waals surface area contributed by atoms with Crippen molar-refractivity contribution in [2.24, 2.45) is 17.8 Å². The molecule has 5 amide bonds. The van der Waals surface area contributed by atoms with Crippen LogP contribution in [0.2, 0.25) is 0 Å². The number of carboxylic acid groups (broad SMARTS) is 2. The predicted octanol–water partition coefficient (Wildman–Crippen LogP) is 0.756. The topological polar surface area (TPSA) is 288 Å². The molecule has 0 aromatic heterocycles. The summed E-state index contributed by atoms with van der Waals surface area (Å²) in [6.07, 6.45) is -1.16. The Balaban J connectivity index is -0.000000530. The van der Waals surface area contributed by atoms with Crippen LogP contribution in [0.15, 0.2) is 30.3 Å². The second kappa shape index (κ2) is 37.7. The molecule has 0 radical (unpaired) electrons. The molecule has 1 aromatic rings. The van der Waals surface area contributed by atoms with E-state index in [9.17, 15) is 52.2 Å². The van der Waals surface area contributed by atoms with Gasteiger partial charge in [-0.25, -0.2) is 4.79 Å². The van der Waals surface area contributed by atoms with Gasteiger partial charge in [-0.05, 0) is 68.8 Å². The fourth-order valence-corrected chi connectivity index (χ4v) is 6.32. The number of aliphatic hydroxyl groups is 2. The Bertz CT molecular complexity index is 1600. The van der Waals surface area contributed by atoms with Crippen molar-refractivity contribution in [2.75, 3.05) is 6.54 Å². The molecule has 0 heterocycles. The Morgan fingerprint density at radius 2 is 1.10 bits per heavy atom. The minimum Gasteiger partial charge on any atom is -1.00 e. The van der Waals surface area contributed by atoms with Crippen LogP contribution in [0.3, 0.4) is 0 Å². The number of aliphatic carboxylic acids is 2. The maximum Gasteiger partial charge on any atom is 1.00 e. The summed E-state index contributed by atoms with van der Waals surface area (Å²) in [6.45, 7) is 18.0. The quantitative estimate of drug-likeness (QED) is 0.0413. The third kappa shape index (κ3) is 34.7. The van der Waals surface area contributed by atoms with Crippen LogP contribution in [-0.4, -0.2) is 117 Å². The minimum atomic E-state index is -5.08. The Morgan fingerprint density at radius 1 is 0.642 bits per heavy atom. The first-order valence-corrected chi connectivity index (χ1v) is 22.9. The number of aliphatic hydroxyl groups excluding tert-OH is 2. The smallest absolute Gasteiger partial charge is 1.00 e. The summed E-state index contributed by atoms with van der Waals surface area (Å²) in [5, 5.41) is 50.3. The molecule has 0 saturated heterocycles. The molecule has 0 aliphatic carbocycles. The van der Waals surface area contributed by atoms with Crippen molar-refractivity contribution >= 4 is 41.5 Å². The van der Waals surface area contributed by atoms with E-state index in [0.717, 1.165) is 37.8 Å². The number of unbranched alkanes of at least 4 members (excludes halogenated alkanes) is 2. The van der Waals surface area contributed by atoms with Gasteiger partial charge in [0, 0.05) is 19.3 Å². The van der Waals surface area contributed by atoms with Crippen LogP contribution in [0, 0.1) is 17.8 Å². The van der Waals surface area contributed by atoms with Crippen LogP contribution in [-0.2, 0) is 40.0 Å². The van der Waals surface area contributed by atoms with Gasteiger partial charge in [0.15, 0.2) is 0 Å². The number of alkyl halides is 3. The predicted molar refractivity (Wildman–Crippen MR) is 244 cm³/mol. The molecule has 0 bridgehead atoms. The number of halogens is 3. The Hall–Kier alpha value is -3.18. The zero-order chi connectivity index (χ0) is 51.2. The number of hydrogen-bond donors (Lipinski definition) is 10. The third-order valence-corrected chi connectivity index (χ3v) is 9.75. The number of quaternary nitrogens is 1. The van der Waals surface area contributed by atoms with Crippen molar-refractivity contribution < 1.29 is 126 Å². The van der Waals surface area contributed by atoms with Crippen molar-refractivity contribution in [3.8, 4) is 0 Å². The molecule has 7 atom stereocenters. The maximum atomic E-state index is 13.3. The van der Waals surface area contributed by atoms with E-state index in [2.05, 4.69) is 32.3 Å². The normalized spacial score (nSPS) is 14.2. The van der Waals surface area contributed by atoms with E-state index in [-0.39, 0.29) is 107 Å². The molecule has 0 saturated carbocycles. The molecule has 21 heteroatoms. The van der Waals surface area contributed by atoms with E-state index in [1.165, 1.54) is 0 Å². The van der Waals surface area contributed by atoms with Crippen LogP contribution in [0.5, 0.6) is 0 Å². The number of carbonyl (C=O) groups excluding carboxylic acids is 5.